The van der Waals surface area contributed by atoms with E-state index in [0.717, 1.165) is 5.56 Å². The van der Waals surface area contributed by atoms with E-state index in [0.29, 0.717) is 30.8 Å². The topological polar surface area (TPSA) is 25.2 Å². The van der Waals surface area contributed by atoms with E-state index >= 15 is 0 Å². The second-order valence-electron chi connectivity index (χ2n) is 8.10. The summed E-state index contributed by atoms with van der Waals surface area (Å²) in [6.45, 7) is 4.04. The zero-order chi connectivity index (χ0) is 25.1. The van der Waals surface area contributed by atoms with Gasteiger partial charge in [0, 0.05) is 30.0 Å². The predicted octanol–water partition coefficient (Wildman–Crippen LogP) is 7.01. The summed E-state index contributed by atoms with van der Waals surface area (Å²) in [5, 5.41) is 0. The zero-order valence-electron chi connectivity index (χ0n) is 18.6. The van der Waals surface area contributed by atoms with Gasteiger partial charge in [0.2, 0.25) is 0 Å². The number of carbonyl (C=O) groups is 1. The van der Waals surface area contributed by atoms with E-state index in [1.807, 2.05) is 41.1 Å². The first-order valence-corrected chi connectivity index (χ1v) is 10.7. The largest absolute Gasteiger partial charge is 0.416 e. The maximum absolute atomic E-state index is 13.3. The van der Waals surface area contributed by atoms with Crippen molar-refractivity contribution in [3.8, 4) is 0 Å². The molecule has 0 aliphatic rings. The van der Waals surface area contributed by atoms with E-state index in [1.165, 1.54) is 4.90 Å². The Hall–Kier alpha value is -3.23. The van der Waals surface area contributed by atoms with Gasteiger partial charge in [-0.25, -0.2) is 0 Å². The van der Waals surface area contributed by atoms with Crippen LogP contribution in [0.25, 0.3) is 0 Å². The first-order chi connectivity index (χ1) is 15.9. The Balaban J connectivity index is 1.97. The second kappa shape index (κ2) is 9.95. The molecular weight excluding hydrogens is 458 g/mol. The smallest absolute Gasteiger partial charge is 0.345 e. The number of nitrogens with zero attached hydrogens (tertiary/aromatic N) is 2. The Labute approximate surface area is 193 Å². The van der Waals surface area contributed by atoms with Crippen molar-refractivity contribution >= 4 is 5.91 Å². The molecule has 3 nitrogen and oxygen atoms in total. The lowest BCUT2D eigenvalue weighted by atomic mass is 10.0. The number of hydrogen-bond donors (Lipinski definition) is 0. The highest BCUT2D eigenvalue weighted by molar-refractivity contribution is 5.95. The van der Waals surface area contributed by atoms with Crippen molar-refractivity contribution in [3.63, 3.8) is 0 Å². The van der Waals surface area contributed by atoms with Gasteiger partial charge in [-0.3, -0.25) is 4.79 Å². The fraction of sp³-hybridized carbons (Fsp3) is 0.320. The van der Waals surface area contributed by atoms with Crippen molar-refractivity contribution in [1.82, 2.24) is 9.47 Å². The monoisotopic (exact) mass is 482 g/mol. The molecule has 1 amide bonds. The van der Waals surface area contributed by atoms with E-state index in [2.05, 4.69) is 0 Å². The standard InChI is InChI=1S/C25H24F6N2O/c1-3-17(2)33(16-22-10-7-11-32(22)15-18-8-5-4-6-9-18)23(34)19-12-20(24(26,27)28)14-21(13-19)25(29,30)31/h4-14,17H,3,15-16H2,1-2H3. The molecular formula is C25H24F6N2O. The molecule has 0 aliphatic heterocycles. The number of carbonyl (C=O) groups excluding carboxylic acids is 1. The molecule has 2 aromatic carbocycles. The normalized spacial score (nSPS) is 13.1. The molecule has 1 atom stereocenters. The minimum absolute atomic E-state index is 0.0232. The first kappa shape index (κ1) is 25.4. The third kappa shape index (κ3) is 6.01. The van der Waals surface area contributed by atoms with Gasteiger partial charge in [0.1, 0.15) is 0 Å². The van der Waals surface area contributed by atoms with Crippen LogP contribution in [-0.4, -0.2) is 21.4 Å². The van der Waals surface area contributed by atoms with Crippen LogP contribution in [-0.2, 0) is 25.4 Å². The number of amides is 1. The Morgan fingerprint density at radius 1 is 0.912 bits per heavy atom. The molecule has 1 aromatic heterocycles. The molecule has 1 heterocycles. The zero-order valence-corrected chi connectivity index (χ0v) is 18.6. The average Bonchev–Trinajstić information content (AvgIpc) is 3.22. The molecule has 0 bridgehead atoms. The number of halogens is 6. The number of hydrogen-bond acceptors (Lipinski definition) is 1. The van der Waals surface area contributed by atoms with E-state index in [-0.39, 0.29) is 12.6 Å². The van der Waals surface area contributed by atoms with E-state index in [4.69, 9.17) is 0 Å². The number of rotatable bonds is 7. The average molecular weight is 482 g/mol. The van der Waals surface area contributed by atoms with Gasteiger partial charge in [-0.05, 0) is 49.2 Å². The SMILES string of the molecule is CCC(C)N(Cc1cccn1Cc1ccccc1)C(=O)c1cc(C(F)(F)F)cc(C(F)(F)F)c1. The highest BCUT2D eigenvalue weighted by Gasteiger charge is 2.38. The summed E-state index contributed by atoms with van der Waals surface area (Å²) in [7, 11) is 0. The van der Waals surface area contributed by atoms with Crippen LogP contribution in [0.1, 0.15) is 53.0 Å². The maximum atomic E-state index is 13.3. The lowest BCUT2D eigenvalue weighted by molar-refractivity contribution is -0.143. The van der Waals surface area contributed by atoms with Gasteiger partial charge in [0.25, 0.3) is 5.91 Å². The summed E-state index contributed by atoms with van der Waals surface area (Å²) in [5.74, 6) is -0.890. The van der Waals surface area contributed by atoms with Crippen molar-refractivity contribution < 1.29 is 31.1 Å². The molecule has 3 aromatic rings. The fourth-order valence-corrected chi connectivity index (χ4v) is 3.59. The van der Waals surface area contributed by atoms with Gasteiger partial charge in [0.05, 0.1) is 17.7 Å². The molecule has 0 N–H and O–H groups in total. The van der Waals surface area contributed by atoms with Gasteiger partial charge in [-0.15, -0.1) is 0 Å². The molecule has 0 fully saturated rings. The second-order valence-corrected chi connectivity index (χ2v) is 8.10. The summed E-state index contributed by atoms with van der Waals surface area (Å²) < 4.78 is 81.7. The molecule has 0 saturated heterocycles. The summed E-state index contributed by atoms with van der Waals surface area (Å²) in [6.07, 6.45) is -7.77. The number of aromatic nitrogens is 1. The van der Waals surface area contributed by atoms with Crippen LogP contribution in [0.15, 0.2) is 66.9 Å². The van der Waals surface area contributed by atoms with E-state index in [9.17, 15) is 31.1 Å². The minimum Gasteiger partial charge on any atom is -0.345 e. The van der Waals surface area contributed by atoms with Crippen molar-refractivity contribution in [1.29, 1.82) is 0 Å². The third-order valence-electron chi connectivity index (χ3n) is 5.67. The molecule has 0 radical (unpaired) electrons. The maximum Gasteiger partial charge on any atom is 0.416 e. The molecule has 0 saturated carbocycles. The fourth-order valence-electron chi connectivity index (χ4n) is 3.59. The Kier molecular flexibility index (Phi) is 7.43. The van der Waals surface area contributed by atoms with Gasteiger partial charge >= 0.3 is 12.4 Å². The van der Waals surface area contributed by atoms with Crippen LogP contribution in [0.3, 0.4) is 0 Å². The van der Waals surface area contributed by atoms with E-state index in [1.54, 1.807) is 26.0 Å². The summed E-state index contributed by atoms with van der Waals surface area (Å²) in [5.41, 5.74) is -1.96. The molecule has 0 spiro atoms. The van der Waals surface area contributed by atoms with Crippen LogP contribution in [0.2, 0.25) is 0 Å². The van der Waals surface area contributed by atoms with Crippen LogP contribution in [0.4, 0.5) is 26.3 Å². The van der Waals surface area contributed by atoms with Crippen LogP contribution < -0.4 is 0 Å². The Bertz CT molecular complexity index is 1090. The summed E-state index contributed by atoms with van der Waals surface area (Å²) in [4.78, 5) is 14.6. The van der Waals surface area contributed by atoms with Gasteiger partial charge in [-0.2, -0.15) is 26.3 Å². The van der Waals surface area contributed by atoms with Crippen molar-refractivity contribution in [2.24, 2.45) is 0 Å². The highest BCUT2D eigenvalue weighted by Crippen LogP contribution is 2.36. The van der Waals surface area contributed by atoms with Crippen LogP contribution in [0, 0.1) is 0 Å². The highest BCUT2D eigenvalue weighted by atomic mass is 19.4. The lowest BCUT2D eigenvalue weighted by Crippen LogP contribution is -2.38. The molecule has 3 rings (SSSR count). The number of alkyl halides is 6. The van der Waals surface area contributed by atoms with Gasteiger partial charge in [0.15, 0.2) is 0 Å². The summed E-state index contributed by atoms with van der Waals surface area (Å²) >= 11 is 0. The molecule has 34 heavy (non-hydrogen) atoms. The van der Waals surface area contributed by atoms with E-state index < -0.39 is 41.0 Å². The van der Waals surface area contributed by atoms with Gasteiger partial charge in [-0.1, -0.05) is 37.3 Å². The lowest BCUT2D eigenvalue weighted by Gasteiger charge is -2.30. The van der Waals surface area contributed by atoms with Crippen molar-refractivity contribution in [3.05, 3.63) is 94.8 Å². The molecule has 0 aliphatic carbocycles. The van der Waals surface area contributed by atoms with Crippen molar-refractivity contribution in [2.45, 2.75) is 51.8 Å². The molecule has 182 valence electrons. The minimum atomic E-state index is -5.03. The number of benzene rings is 2. The predicted molar refractivity (Wildman–Crippen MR) is 116 cm³/mol. The Morgan fingerprint density at radius 3 is 2.03 bits per heavy atom. The third-order valence-corrected chi connectivity index (χ3v) is 5.67. The molecule has 1 unspecified atom stereocenters. The van der Waals surface area contributed by atoms with Crippen LogP contribution in [0.5, 0.6) is 0 Å². The first-order valence-electron chi connectivity index (χ1n) is 10.7. The summed E-state index contributed by atoms with van der Waals surface area (Å²) in [6, 6.07) is 13.7. The van der Waals surface area contributed by atoms with Crippen molar-refractivity contribution in [2.75, 3.05) is 0 Å². The quantitative estimate of drug-likeness (QED) is 0.333. The molecule has 9 heteroatoms. The van der Waals surface area contributed by atoms with Crippen LogP contribution >= 0.6 is 0 Å². The Morgan fingerprint density at radius 2 is 1.50 bits per heavy atom. The van der Waals surface area contributed by atoms with Gasteiger partial charge < -0.3 is 9.47 Å².